The van der Waals surface area contributed by atoms with E-state index in [1.54, 1.807) is 15.6 Å². The van der Waals surface area contributed by atoms with Gasteiger partial charge in [0.25, 0.3) is 5.91 Å². The molecular weight excluding hydrogens is 603 g/mol. The quantitative estimate of drug-likeness (QED) is 0.279. The van der Waals surface area contributed by atoms with E-state index in [2.05, 4.69) is 5.32 Å². The number of nitrogens with two attached hydrogens (primary N) is 1. The predicted molar refractivity (Wildman–Crippen MR) is 164 cm³/mol. The number of quaternary nitrogens is 1. The Kier molecular flexibility index (Phi) is 11.1. The maximum absolute atomic E-state index is 15.5. The summed E-state index contributed by atoms with van der Waals surface area (Å²) in [6.45, 7) is 8.73. The van der Waals surface area contributed by atoms with Gasteiger partial charge >= 0.3 is 5.97 Å². The molecule has 1 saturated heterocycles. The lowest BCUT2D eigenvalue weighted by Gasteiger charge is -2.35. The molecule has 2 aromatic rings. The van der Waals surface area contributed by atoms with Crippen molar-refractivity contribution in [2.24, 2.45) is 11.1 Å². The number of likely N-dealkylation sites (tertiary alicyclic amines) is 1. The molecule has 2 heterocycles. The Hall–Kier alpha value is -3.51. The summed E-state index contributed by atoms with van der Waals surface area (Å²) in [7, 11) is 5.92. The van der Waals surface area contributed by atoms with E-state index in [9.17, 15) is 19.2 Å². The zero-order chi connectivity index (χ0) is 32.6. The van der Waals surface area contributed by atoms with Crippen molar-refractivity contribution in [3.8, 4) is 5.69 Å². The Balaban J connectivity index is 0.00000552. The number of halogens is 2. The number of carbonyl (C=O) groups is 4. The Morgan fingerprint density at radius 2 is 1.82 bits per heavy atom. The van der Waals surface area contributed by atoms with Gasteiger partial charge in [-0.1, -0.05) is 20.8 Å². The van der Waals surface area contributed by atoms with Gasteiger partial charge in [-0.15, -0.1) is 0 Å². The van der Waals surface area contributed by atoms with Crippen LogP contribution in [-0.4, -0.2) is 95.7 Å². The molecule has 2 amide bonds. The molecule has 1 aliphatic carbocycles. The highest BCUT2D eigenvalue weighted by Gasteiger charge is 2.37. The lowest BCUT2D eigenvalue weighted by atomic mass is 9.75. The summed E-state index contributed by atoms with van der Waals surface area (Å²) in [5.74, 6) is -2.16. The third-order valence-corrected chi connectivity index (χ3v) is 8.21. The second kappa shape index (κ2) is 13.9. The number of primary amides is 1. The van der Waals surface area contributed by atoms with Crippen LogP contribution < -0.4 is 23.5 Å². The zero-order valence-corrected chi connectivity index (χ0v) is 28.1. The number of hydrogen-bond acceptors (Lipinski definition) is 7. The van der Waals surface area contributed by atoms with Gasteiger partial charge in [0.1, 0.15) is 12.4 Å². The van der Waals surface area contributed by atoms with Crippen LogP contribution in [0.25, 0.3) is 5.69 Å². The fourth-order valence-corrected chi connectivity index (χ4v) is 6.37. The predicted octanol–water partition coefficient (Wildman–Crippen LogP) is 0.263. The van der Waals surface area contributed by atoms with Crippen molar-refractivity contribution in [3.05, 3.63) is 40.5 Å². The van der Waals surface area contributed by atoms with Crippen molar-refractivity contribution in [2.45, 2.75) is 78.4 Å². The Labute approximate surface area is 270 Å². The van der Waals surface area contributed by atoms with Gasteiger partial charge in [-0.3, -0.25) is 19.2 Å². The van der Waals surface area contributed by atoms with E-state index in [4.69, 9.17) is 15.6 Å². The van der Waals surface area contributed by atoms with E-state index in [1.165, 1.54) is 13.0 Å². The number of amides is 2. The number of ketones is 1. The average molecular weight is 649 g/mol. The van der Waals surface area contributed by atoms with E-state index in [-0.39, 0.29) is 53.2 Å². The topological polar surface area (TPSA) is 137 Å². The normalized spacial score (nSPS) is 17.2. The monoisotopic (exact) mass is 648 g/mol. The smallest absolute Gasteiger partial charge is 0.303 e. The maximum Gasteiger partial charge on any atom is 0.303 e. The number of esters is 1. The Bertz CT molecular complexity index is 1460. The van der Waals surface area contributed by atoms with Crippen molar-refractivity contribution in [2.75, 3.05) is 46.1 Å². The van der Waals surface area contributed by atoms with Gasteiger partial charge in [-0.05, 0) is 37.2 Å². The van der Waals surface area contributed by atoms with E-state index in [0.717, 1.165) is 5.69 Å². The van der Waals surface area contributed by atoms with Crippen molar-refractivity contribution >= 4 is 29.3 Å². The van der Waals surface area contributed by atoms with Crippen molar-refractivity contribution in [1.29, 1.82) is 0 Å². The highest BCUT2D eigenvalue weighted by molar-refractivity contribution is 6.00. The Morgan fingerprint density at radius 1 is 1.18 bits per heavy atom. The number of aryl methyl sites for hydroxylation is 1. The molecule has 3 N–H and O–H groups in total. The third kappa shape index (κ3) is 8.61. The van der Waals surface area contributed by atoms with Crippen LogP contribution in [0.4, 0.5) is 10.1 Å². The van der Waals surface area contributed by atoms with Crippen LogP contribution in [0.5, 0.6) is 0 Å². The summed E-state index contributed by atoms with van der Waals surface area (Å²) in [6.07, 6.45) is 2.26. The molecule has 1 aromatic carbocycles. The highest BCUT2D eigenvalue weighted by atomic mass is 35.5. The van der Waals surface area contributed by atoms with Gasteiger partial charge in [-0.2, -0.15) is 5.10 Å². The van der Waals surface area contributed by atoms with Crippen LogP contribution in [0.2, 0.25) is 0 Å². The molecule has 1 fully saturated rings. The molecule has 2 aliphatic rings. The summed E-state index contributed by atoms with van der Waals surface area (Å²) >= 11 is 0. The number of piperidine rings is 1. The number of nitrogens with zero attached hydrogens (tertiary/aromatic N) is 4. The van der Waals surface area contributed by atoms with Crippen LogP contribution in [-0.2, 0) is 27.2 Å². The first-order valence-electron chi connectivity index (χ1n) is 15.3. The number of nitrogens with one attached hydrogen (secondary N) is 1. The van der Waals surface area contributed by atoms with Crippen molar-refractivity contribution in [3.63, 3.8) is 0 Å². The number of Topliss-reactive ketones (excluding diaryl/α,β-unsaturated/α-hetero) is 1. The van der Waals surface area contributed by atoms with Gasteiger partial charge in [0.05, 0.1) is 61.5 Å². The van der Waals surface area contributed by atoms with E-state index in [1.807, 2.05) is 41.9 Å². The number of carbonyl (C=O) groups excluding carboxylic acids is 4. The molecule has 1 unspecified atom stereocenters. The molecule has 1 aromatic heterocycles. The van der Waals surface area contributed by atoms with Gasteiger partial charge < -0.3 is 37.6 Å². The summed E-state index contributed by atoms with van der Waals surface area (Å²) in [5.41, 5.74) is 7.76. The SMILES string of the molecule is CCc1nn(-c2cc(F)c(C(N)=O)c(NC3CCN(C(=O)CC(C[N+](C)(C)C)OC(C)=O)CC3)c2)c2c1C(=O)CC(C)(C)C2.[Cl-]. The number of hydrogen-bond donors (Lipinski definition) is 2. The lowest BCUT2D eigenvalue weighted by Crippen LogP contribution is -3.00. The first kappa shape index (κ1) is 36.0. The zero-order valence-electron chi connectivity index (χ0n) is 27.3. The lowest BCUT2D eigenvalue weighted by molar-refractivity contribution is -0.873. The number of anilines is 1. The second-order valence-electron chi connectivity index (χ2n) is 13.9. The number of fused-ring (bicyclic) bond motifs is 1. The molecule has 0 radical (unpaired) electrons. The van der Waals surface area contributed by atoms with Crippen molar-refractivity contribution in [1.82, 2.24) is 14.7 Å². The van der Waals surface area contributed by atoms with Crippen LogP contribution in [0.1, 0.15) is 85.5 Å². The van der Waals surface area contributed by atoms with Crippen LogP contribution >= 0.6 is 0 Å². The number of rotatable bonds is 10. The fraction of sp³-hybridized carbons (Fsp3) is 0.594. The van der Waals surface area contributed by atoms with Gasteiger partial charge in [0, 0.05) is 38.5 Å². The summed E-state index contributed by atoms with van der Waals surface area (Å²) < 4.78 is 23.1. The number of aromatic nitrogens is 2. The summed E-state index contributed by atoms with van der Waals surface area (Å²) in [5, 5.41) is 8.01. The molecule has 4 rings (SSSR count). The van der Waals surface area contributed by atoms with Gasteiger partial charge in [0.2, 0.25) is 5.91 Å². The fourth-order valence-electron chi connectivity index (χ4n) is 6.37. The number of likely N-dealkylation sites (N-methyl/N-ethyl adjacent to an activating group) is 1. The molecule has 0 bridgehead atoms. The van der Waals surface area contributed by atoms with Crippen molar-refractivity contribution < 1.29 is 45.2 Å². The minimum absolute atomic E-state index is 0. The molecule has 13 heteroatoms. The van der Waals surface area contributed by atoms with E-state index >= 15 is 4.39 Å². The molecule has 1 atom stereocenters. The minimum atomic E-state index is -0.897. The van der Waals surface area contributed by atoms with E-state index in [0.29, 0.717) is 73.2 Å². The molecule has 11 nitrogen and oxygen atoms in total. The van der Waals surface area contributed by atoms with Crippen LogP contribution in [0.3, 0.4) is 0 Å². The largest absolute Gasteiger partial charge is 1.00 e. The molecular formula is C32H46ClFN6O5. The minimum Gasteiger partial charge on any atom is -1.00 e. The molecule has 0 saturated carbocycles. The standard InChI is InChI=1S/C32H45FN6O5.ClH/c1-8-24-30-26(16-32(3,4)17-27(30)41)38(36-24)21-13-23(33)29(31(34)43)25(14-21)35-20-9-11-37(12-10-20)28(42)15-22(44-19(2)40)18-39(5,6)7;/h13-14,20,22H,8-12,15-18H2,1-7H3,(H2-,34,35,43);1H. The Morgan fingerprint density at radius 3 is 2.38 bits per heavy atom. The number of benzene rings is 1. The average Bonchev–Trinajstić information content (AvgIpc) is 3.25. The second-order valence-corrected chi connectivity index (χ2v) is 13.9. The molecule has 248 valence electrons. The third-order valence-electron chi connectivity index (χ3n) is 8.21. The number of ether oxygens (including phenoxy) is 1. The first-order chi connectivity index (χ1) is 20.5. The van der Waals surface area contributed by atoms with Gasteiger partial charge in [-0.25, -0.2) is 9.07 Å². The summed E-state index contributed by atoms with van der Waals surface area (Å²) in [4.78, 5) is 51.9. The molecule has 1 aliphatic heterocycles. The molecule has 0 spiro atoms. The highest BCUT2D eigenvalue weighted by Crippen LogP contribution is 2.38. The van der Waals surface area contributed by atoms with Crippen LogP contribution in [0.15, 0.2) is 12.1 Å². The summed E-state index contributed by atoms with van der Waals surface area (Å²) in [6, 6.07) is 2.75. The molecule has 45 heavy (non-hydrogen) atoms. The van der Waals surface area contributed by atoms with Crippen LogP contribution in [0, 0.1) is 11.2 Å². The van der Waals surface area contributed by atoms with E-state index < -0.39 is 23.8 Å². The first-order valence-corrected chi connectivity index (χ1v) is 15.3. The maximum atomic E-state index is 15.5. The van der Waals surface area contributed by atoms with Gasteiger partial charge in [0.15, 0.2) is 11.9 Å².